The van der Waals surface area contributed by atoms with Crippen molar-refractivity contribution in [2.45, 2.75) is 46.5 Å². The van der Waals surface area contributed by atoms with Gasteiger partial charge in [0, 0.05) is 0 Å². The normalized spacial score (nSPS) is 12.7. The Kier molecular flexibility index (Phi) is 5.90. The average molecular weight is 248 g/mol. The van der Waals surface area contributed by atoms with Gasteiger partial charge in [0.15, 0.2) is 0 Å². The molecule has 0 heterocycles. The number of aliphatic carboxylic acids is 1. The van der Waals surface area contributed by atoms with Gasteiger partial charge in [-0.15, -0.1) is 0 Å². The van der Waals surface area contributed by atoms with Crippen LogP contribution in [0, 0.1) is 18.8 Å². The topological polar surface area (TPSA) is 37.3 Å². The van der Waals surface area contributed by atoms with E-state index in [-0.39, 0.29) is 5.92 Å². The Balaban J connectivity index is 2.68. The summed E-state index contributed by atoms with van der Waals surface area (Å²) in [6.07, 6.45) is 3.56. The highest BCUT2D eigenvalue weighted by atomic mass is 16.4. The van der Waals surface area contributed by atoms with Crippen molar-refractivity contribution in [2.24, 2.45) is 11.8 Å². The minimum atomic E-state index is -0.664. The van der Waals surface area contributed by atoms with E-state index in [1.807, 2.05) is 31.2 Å². The first kappa shape index (κ1) is 14.7. The molecule has 0 spiro atoms. The van der Waals surface area contributed by atoms with Crippen molar-refractivity contribution in [2.75, 3.05) is 0 Å². The molecular formula is C16H24O2. The highest BCUT2D eigenvalue weighted by Gasteiger charge is 2.21. The number of benzene rings is 1. The Hall–Kier alpha value is -1.31. The molecule has 0 bridgehead atoms. The Labute approximate surface area is 110 Å². The van der Waals surface area contributed by atoms with Crippen LogP contribution in [0.25, 0.3) is 0 Å². The number of carbonyl (C=O) groups is 1. The smallest absolute Gasteiger partial charge is 0.306 e. The Morgan fingerprint density at radius 2 is 1.72 bits per heavy atom. The lowest BCUT2D eigenvalue weighted by atomic mass is 9.87. The van der Waals surface area contributed by atoms with E-state index in [0.717, 1.165) is 24.8 Å². The molecule has 0 aliphatic heterocycles. The van der Waals surface area contributed by atoms with E-state index in [1.54, 1.807) is 0 Å². The van der Waals surface area contributed by atoms with Crippen LogP contribution < -0.4 is 0 Å². The first-order chi connectivity index (χ1) is 8.56. The molecule has 1 rings (SSSR count). The summed E-state index contributed by atoms with van der Waals surface area (Å²) in [5.41, 5.74) is 2.34. The summed E-state index contributed by atoms with van der Waals surface area (Å²) < 4.78 is 0. The summed E-state index contributed by atoms with van der Waals surface area (Å²) in [4.78, 5) is 11.3. The maximum absolute atomic E-state index is 11.3. The molecule has 18 heavy (non-hydrogen) atoms. The van der Waals surface area contributed by atoms with Gasteiger partial charge in [0.1, 0.15) is 0 Å². The molecule has 0 saturated heterocycles. The minimum Gasteiger partial charge on any atom is -0.481 e. The van der Waals surface area contributed by atoms with Crippen molar-refractivity contribution >= 4 is 5.97 Å². The molecule has 2 heteroatoms. The Morgan fingerprint density at radius 1 is 1.17 bits per heavy atom. The molecule has 1 unspecified atom stereocenters. The maximum Gasteiger partial charge on any atom is 0.306 e. The van der Waals surface area contributed by atoms with Gasteiger partial charge in [-0.05, 0) is 31.2 Å². The van der Waals surface area contributed by atoms with E-state index in [9.17, 15) is 9.90 Å². The van der Waals surface area contributed by atoms with Crippen LogP contribution in [-0.2, 0) is 11.2 Å². The van der Waals surface area contributed by atoms with Gasteiger partial charge in [-0.25, -0.2) is 0 Å². The van der Waals surface area contributed by atoms with E-state index in [2.05, 4.69) is 13.8 Å². The van der Waals surface area contributed by atoms with Crippen LogP contribution in [0.4, 0.5) is 0 Å². The summed E-state index contributed by atoms with van der Waals surface area (Å²) in [5, 5.41) is 9.33. The van der Waals surface area contributed by atoms with Crippen molar-refractivity contribution in [3.8, 4) is 0 Å². The largest absolute Gasteiger partial charge is 0.481 e. The molecule has 100 valence electrons. The predicted octanol–water partition coefficient (Wildman–Crippen LogP) is 4.06. The number of hydrogen-bond donors (Lipinski definition) is 1. The fourth-order valence-corrected chi connectivity index (χ4v) is 2.30. The molecular weight excluding hydrogens is 224 g/mol. The van der Waals surface area contributed by atoms with Crippen molar-refractivity contribution in [3.63, 3.8) is 0 Å². The lowest BCUT2D eigenvalue weighted by molar-refractivity contribution is -0.142. The summed E-state index contributed by atoms with van der Waals surface area (Å²) in [6, 6.07) is 8.17. The van der Waals surface area contributed by atoms with E-state index in [4.69, 9.17) is 0 Å². The molecule has 1 atom stereocenters. The van der Waals surface area contributed by atoms with Crippen molar-refractivity contribution in [1.82, 2.24) is 0 Å². The lowest BCUT2D eigenvalue weighted by Gasteiger charge is -2.18. The zero-order valence-corrected chi connectivity index (χ0v) is 11.6. The average Bonchev–Trinajstić information content (AvgIpc) is 2.36. The predicted molar refractivity (Wildman–Crippen MR) is 74.7 cm³/mol. The highest BCUT2D eigenvalue weighted by molar-refractivity contribution is 5.70. The summed E-state index contributed by atoms with van der Waals surface area (Å²) >= 11 is 0. The summed E-state index contributed by atoms with van der Waals surface area (Å²) in [6.45, 7) is 6.32. The molecule has 2 nitrogen and oxygen atoms in total. The second-order valence-corrected chi connectivity index (χ2v) is 5.14. The van der Waals surface area contributed by atoms with Crippen LogP contribution >= 0.6 is 0 Å². The SMILES string of the molecule is CCC(CC)CC(Cc1ccc(C)cc1)C(=O)O. The molecule has 1 aromatic rings. The number of carboxylic acids is 1. The molecule has 1 aromatic carbocycles. The lowest BCUT2D eigenvalue weighted by Crippen LogP contribution is -2.20. The van der Waals surface area contributed by atoms with Gasteiger partial charge < -0.3 is 5.11 Å². The van der Waals surface area contributed by atoms with Crippen LogP contribution in [-0.4, -0.2) is 11.1 Å². The van der Waals surface area contributed by atoms with E-state index in [0.29, 0.717) is 12.3 Å². The van der Waals surface area contributed by atoms with Gasteiger partial charge in [-0.2, -0.15) is 0 Å². The van der Waals surface area contributed by atoms with Crippen LogP contribution in [0.15, 0.2) is 24.3 Å². The molecule has 0 fully saturated rings. The number of aryl methyl sites for hydroxylation is 1. The molecule has 0 aliphatic carbocycles. The van der Waals surface area contributed by atoms with E-state index >= 15 is 0 Å². The van der Waals surface area contributed by atoms with Gasteiger partial charge in [0.2, 0.25) is 0 Å². The van der Waals surface area contributed by atoms with Crippen LogP contribution in [0.2, 0.25) is 0 Å². The molecule has 0 amide bonds. The van der Waals surface area contributed by atoms with E-state index < -0.39 is 5.97 Å². The standard InChI is InChI=1S/C16H24O2/c1-4-13(5-2)10-15(16(17)18)11-14-8-6-12(3)7-9-14/h6-9,13,15H,4-5,10-11H2,1-3H3,(H,17,18). The highest BCUT2D eigenvalue weighted by Crippen LogP contribution is 2.22. The van der Waals surface area contributed by atoms with Crippen LogP contribution in [0.5, 0.6) is 0 Å². The van der Waals surface area contributed by atoms with Gasteiger partial charge in [-0.3, -0.25) is 4.79 Å². The van der Waals surface area contributed by atoms with Gasteiger partial charge >= 0.3 is 5.97 Å². The molecule has 0 radical (unpaired) electrons. The molecule has 1 N–H and O–H groups in total. The quantitative estimate of drug-likeness (QED) is 0.790. The zero-order chi connectivity index (χ0) is 13.5. The molecule has 0 aliphatic rings. The summed E-state index contributed by atoms with van der Waals surface area (Å²) in [5.74, 6) is -0.392. The minimum absolute atomic E-state index is 0.252. The van der Waals surface area contributed by atoms with Gasteiger partial charge in [-0.1, -0.05) is 56.5 Å². The number of hydrogen-bond acceptors (Lipinski definition) is 1. The monoisotopic (exact) mass is 248 g/mol. The van der Waals surface area contributed by atoms with E-state index in [1.165, 1.54) is 5.56 Å². The fourth-order valence-electron chi connectivity index (χ4n) is 2.30. The van der Waals surface area contributed by atoms with Crippen molar-refractivity contribution in [1.29, 1.82) is 0 Å². The third-order valence-corrected chi connectivity index (χ3v) is 3.72. The van der Waals surface area contributed by atoms with Crippen molar-refractivity contribution in [3.05, 3.63) is 35.4 Å². The van der Waals surface area contributed by atoms with Crippen molar-refractivity contribution < 1.29 is 9.90 Å². The molecule has 0 aromatic heterocycles. The third kappa shape index (κ3) is 4.52. The zero-order valence-electron chi connectivity index (χ0n) is 11.6. The Morgan fingerprint density at radius 3 is 2.17 bits per heavy atom. The first-order valence-electron chi connectivity index (χ1n) is 6.85. The van der Waals surface area contributed by atoms with Crippen LogP contribution in [0.1, 0.15) is 44.2 Å². The third-order valence-electron chi connectivity index (χ3n) is 3.72. The number of rotatable bonds is 7. The first-order valence-corrected chi connectivity index (χ1v) is 6.85. The second-order valence-electron chi connectivity index (χ2n) is 5.14. The maximum atomic E-state index is 11.3. The fraction of sp³-hybridized carbons (Fsp3) is 0.562. The Bertz CT molecular complexity index is 363. The van der Waals surface area contributed by atoms with Crippen LogP contribution in [0.3, 0.4) is 0 Å². The number of carboxylic acid groups (broad SMARTS) is 1. The van der Waals surface area contributed by atoms with Gasteiger partial charge in [0.05, 0.1) is 5.92 Å². The molecule has 0 saturated carbocycles. The van der Waals surface area contributed by atoms with Gasteiger partial charge in [0.25, 0.3) is 0 Å². The second kappa shape index (κ2) is 7.20. The summed E-state index contributed by atoms with van der Waals surface area (Å²) in [7, 11) is 0.